The van der Waals surface area contributed by atoms with Crippen molar-refractivity contribution in [3.05, 3.63) is 41.1 Å². The van der Waals surface area contributed by atoms with Crippen LogP contribution >= 0.6 is 0 Å². The number of likely N-dealkylation sites (tertiary alicyclic amines) is 1. The predicted molar refractivity (Wildman–Crippen MR) is 136 cm³/mol. The zero-order valence-corrected chi connectivity index (χ0v) is 21.5. The summed E-state index contributed by atoms with van der Waals surface area (Å²) in [6.07, 6.45) is 4.38. The first-order chi connectivity index (χ1) is 18.7. The van der Waals surface area contributed by atoms with Crippen molar-refractivity contribution in [2.75, 3.05) is 25.5 Å². The first kappa shape index (κ1) is 26.6. The molecule has 1 saturated heterocycles. The van der Waals surface area contributed by atoms with E-state index in [4.69, 9.17) is 5.73 Å². The van der Waals surface area contributed by atoms with Crippen LogP contribution in [0.5, 0.6) is 0 Å². The number of hydrogen-bond acceptors (Lipinski definition) is 6. The Morgan fingerprint density at radius 3 is 2.67 bits per heavy atom. The van der Waals surface area contributed by atoms with E-state index >= 15 is 0 Å². The number of ether oxygens (including phenoxy) is 1. The summed E-state index contributed by atoms with van der Waals surface area (Å²) in [5, 5.41) is 7.44. The van der Waals surface area contributed by atoms with E-state index in [1.807, 2.05) is 4.57 Å². The maximum atomic E-state index is 15.0. The first-order valence-corrected chi connectivity index (χ1v) is 12.6. The minimum Gasteiger partial charge on any atom is -0.373 e. The van der Waals surface area contributed by atoms with Crippen LogP contribution in [0.1, 0.15) is 66.3 Å². The Balaban J connectivity index is 1.46. The molecule has 1 aromatic carbocycles. The summed E-state index contributed by atoms with van der Waals surface area (Å²) in [5.41, 5.74) is 7.16. The third-order valence-corrected chi connectivity index (χ3v) is 7.15. The van der Waals surface area contributed by atoms with Gasteiger partial charge in [0.1, 0.15) is 17.2 Å². The standard InChI is InChI=1S/C26H28F3N7O3/c1-14(37)34-12-18(10-17(34)7-8-39-26(28)29)36-25(31-2)23(24(30)38)20(33-36)6-3-15-9-21-22(11-19(15)27)35(13-32-21)16-4-5-16/h9,11,13,16-18,26,31H,4-5,7-8,10,12H2,1-2H3,(H2,30,38)/t17-,18-/m0/s1. The van der Waals surface area contributed by atoms with Gasteiger partial charge >= 0.3 is 6.61 Å². The summed E-state index contributed by atoms with van der Waals surface area (Å²) in [5.74, 6) is 4.33. The Hall–Kier alpha value is -4.05. The number of nitrogens with two attached hydrogens (primary N) is 1. The Kier molecular flexibility index (Phi) is 7.22. The lowest BCUT2D eigenvalue weighted by atomic mass is 10.1. The number of hydrogen-bond donors (Lipinski definition) is 2. The zero-order valence-electron chi connectivity index (χ0n) is 21.5. The second kappa shape index (κ2) is 10.6. The second-order valence-electron chi connectivity index (χ2n) is 9.72. The molecule has 0 unspecified atom stereocenters. The summed E-state index contributed by atoms with van der Waals surface area (Å²) in [6.45, 7) is -1.47. The van der Waals surface area contributed by atoms with Gasteiger partial charge in [-0.15, -0.1) is 0 Å². The molecule has 5 rings (SSSR count). The number of rotatable bonds is 8. The van der Waals surface area contributed by atoms with Gasteiger partial charge in [0.2, 0.25) is 5.91 Å². The number of alkyl halides is 2. The van der Waals surface area contributed by atoms with Crippen molar-refractivity contribution < 1.29 is 27.5 Å². The Morgan fingerprint density at radius 1 is 1.26 bits per heavy atom. The lowest BCUT2D eigenvalue weighted by Gasteiger charge is -2.22. The molecule has 2 atom stereocenters. The van der Waals surface area contributed by atoms with Crippen molar-refractivity contribution in [2.24, 2.45) is 5.73 Å². The summed E-state index contributed by atoms with van der Waals surface area (Å²) < 4.78 is 47.7. The number of halogens is 3. The van der Waals surface area contributed by atoms with Gasteiger partial charge in [0.25, 0.3) is 5.91 Å². The van der Waals surface area contributed by atoms with Crippen LogP contribution in [0.3, 0.4) is 0 Å². The number of nitrogens with one attached hydrogen (secondary N) is 1. The smallest absolute Gasteiger partial charge is 0.345 e. The number of carbonyl (C=O) groups excluding carboxylic acids is 2. The van der Waals surface area contributed by atoms with Gasteiger partial charge in [0.15, 0.2) is 5.69 Å². The summed E-state index contributed by atoms with van der Waals surface area (Å²) >= 11 is 0. The quantitative estimate of drug-likeness (QED) is 0.422. The molecule has 0 spiro atoms. The van der Waals surface area contributed by atoms with E-state index in [1.165, 1.54) is 17.7 Å². The number of carbonyl (C=O) groups is 2. The van der Waals surface area contributed by atoms with Crippen molar-refractivity contribution in [2.45, 2.75) is 57.3 Å². The molecule has 3 N–H and O–H groups in total. The summed E-state index contributed by atoms with van der Waals surface area (Å²) in [6, 6.07) is 2.57. The first-order valence-electron chi connectivity index (χ1n) is 12.6. The van der Waals surface area contributed by atoms with Crippen molar-refractivity contribution >= 4 is 28.7 Å². The normalized spacial score (nSPS) is 19.0. The van der Waals surface area contributed by atoms with Crippen LogP contribution in [0.2, 0.25) is 0 Å². The second-order valence-corrected chi connectivity index (χ2v) is 9.72. The average molecular weight is 544 g/mol. The molecule has 1 saturated carbocycles. The van der Waals surface area contributed by atoms with Crippen molar-refractivity contribution in [1.29, 1.82) is 0 Å². The number of anilines is 1. The van der Waals surface area contributed by atoms with Crippen molar-refractivity contribution in [3.63, 3.8) is 0 Å². The van der Waals surface area contributed by atoms with E-state index in [0.29, 0.717) is 29.3 Å². The highest BCUT2D eigenvalue weighted by Crippen LogP contribution is 2.37. The number of fused-ring (bicyclic) bond motifs is 1. The van der Waals surface area contributed by atoms with Gasteiger partial charge in [0, 0.05) is 38.7 Å². The minimum absolute atomic E-state index is 0.0309. The fraction of sp³-hybridized carbons (Fsp3) is 0.462. The number of benzene rings is 1. The maximum Gasteiger partial charge on any atom is 0.345 e. The molecule has 2 aromatic heterocycles. The Labute approximate surface area is 222 Å². The van der Waals surface area contributed by atoms with Crippen LogP contribution < -0.4 is 11.1 Å². The van der Waals surface area contributed by atoms with Gasteiger partial charge in [0.05, 0.1) is 35.6 Å². The van der Waals surface area contributed by atoms with E-state index in [1.54, 1.807) is 24.3 Å². The molecule has 206 valence electrons. The molecule has 3 aromatic rings. The zero-order chi connectivity index (χ0) is 27.8. The van der Waals surface area contributed by atoms with E-state index < -0.39 is 18.3 Å². The molecule has 2 amide bonds. The van der Waals surface area contributed by atoms with E-state index in [9.17, 15) is 22.8 Å². The van der Waals surface area contributed by atoms with Gasteiger partial charge in [-0.2, -0.15) is 13.9 Å². The number of aromatic nitrogens is 4. The fourth-order valence-electron chi connectivity index (χ4n) is 5.19. The minimum atomic E-state index is -2.89. The number of amides is 2. The highest BCUT2D eigenvalue weighted by Gasteiger charge is 2.37. The predicted octanol–water partition coefficient (Wildman–Crippen LogP) is 3.04. The van der Waals surface area contributed by atoms with Crippen LogP contribution in [0.4, 0.5) is 19.0 Å². The van der Waals surface area contributed by atoms with Gasteiger partial charge in [-0.1, -0.05) is 5.92 Å². The third-order valence-electron chi connectivity index (χ3n) is 7.15. The highest BCUT2D eigenvalue weighted by molar-refractivity contribution is 6.00. The van der Waals surface area contributed by atoms with Crippen LogP contribution in [0.25, 0.3) is 11.0 Å². The topological polar surface area (TPSA) is 120 Å². The molecule has 2 aliphatic rings. The molecule has 39 heavy (non-hydrogen) atoms. The van der Waals surface area contributed by atoms with Gasteiger partial charge in [-0.3, -0.25) is 9.59 Å². The van der Waals surface area contributed by atoms with E-state index in [0.717, 1.165) is 12.8 Å². The SMILES string of the molecule is CNc1c(C(N)=O)c(C#Cc2cc3ncn(C4CC4)c3cc2F)nn1[C@H]1C[C@H](CCOC(F)F)N(C(C)=O)C1. The van der Waals surface area contributed by atoms with Crippen molar-refractivity contribution in [3.8, 4) is 11.8 Å². The van der Waals surface area contributed by atoms with Crippen LogP contribution in [0, 0.1) is 17.7 Å². The van der Waals surface area contributed by atoms with E-state index in [-0.39, 0.29) is 54.4 Å². The summed E-state index contributed by atoms with van der Waals surface area (Å²) in [7, 11) is 1.59. The Bertz CT molecular complexity index is 1490. The Morgan fingerprint density at radius 2 is 2.03 bits per heavy atom. The van der Waals surface area contributed by atoms with E-state index in [2.05, 4.69) is 32.0 Å². The molecular weight excluding hydrogens is 515 g/mol. The number of imidazole rings is 1. The summed E-state index contributed by atoms with van der Waals surface area (Å²) in [4.78, 5) is 30.6. The maximum absolute atomic E-state index is 15.0. The fourth-order valence-corrected chi connectivity index (χ4v) is 5.19. The van der Waals surface area contributed by atoms with Crippen LogP contribution in [-0.2, 0) is 9.53 Å². The monoisotopic (exact) mass is 543 g/mol. The molecule has 2 fully saturated rings. The molecule has 1 aliphatic heterocycles. The van der Waals surface area contributed by atoms with Crippen LogP contribution in [0.15, 0.2) is 18.5 Å². The molecule has 0 radical (unpaired) electrons. The lowest BCUT2D eigenvalue weighted by molar-refractivity contribution is -0.136. The van der Waals surface area contributed by atoms with Crippen molar-refractivity contribution in [1.82, 2.24) is 24.2 Å². The number of nitrogens with zero attached hydrogens (tertiary/aromatic N) is 5. The van der Waals surface area contributed by atoms with Gasteiger partial charge in [-0.05, 0) is 37.7 Å². The lowest BCUT2D eigenvalue weighted by Crippen LogP contribution is -2.34. The molecule has 10 nitrogen and oxygen atoms in total. The molecule has 3 heterocycles. The largest absolute Gasteiger partial charge is 0.373 e. The number of primary amides is 1. The molecular formula is C26H28F3N7O3. The molecule has 1 aliphatic carbocycles. The average Bonchev–Trinajstić information content (AvgIpc) is 3.33. The highest BCUT2D eigenvalue weighted by atomic mass is 19.3. The van der Waals surface area contributed by atoms with Crippen LogP contribution in [-0.4, -0.2) is 68.9 Å². The van der Waals surface area contributed by atoms with Gasteiger partial charge < -0.3 is 25.3 Å². The molecule has 0 bridgehead atoms. The molecule has 13 heteroatoms. The third kappa shape index (κ3) is 5.29. The van der Waals surface area contributed by atoms with Gasteiger partial charge in [-0.25, -0.2) is 14.1 Å².